The van der Waals surface area contributed by atoms with E-state index in [2.05, 4.69) is 85.0 Å². The highest BCUT2D eigenvalue weighted by Crippen LogP contribution is 2.35. The van der Waals surface area contributed by atoms with Gasteiger partial charge in [-0.1, -0.05) is 23.2 Å². The summed E-state index contributed by atoms with van der Waals surface area (Å²) in [5.41, 5.74) is 4.90. The highest BCUT2D eigenvalue weighted by atomic mass is 35.5. The first-order valence-electron chi connectivity index (χ1n) is 19.4. The van der Waals surface area contributed by atoms with Gasteiger partial charge >= 0.3 is 0 Å². The number of rotatable bonds is 13. The van der Waals surface area contributed by atoms with Crippen LogP contribution in [0.1, 0.15) is 36.8 Å². The molecule has 288 valence electrons. The van der Waals surface area contributed by atoms with Crippen molar-refractivity contribution in [1.29, 1.82) is 0 Å². The summed E-state index contributed by atoms with van der Waals surface area (Å²) in [4.78, 5) is 11.5. The maximum absolute atomic E-state index is 6.18. The number of nitrogens with one attached hydrogen (secondary N) is 2. The molecule has 4 aliphatic rings. The van der Waals surface area contributed by atoms with Crippen molar-refractivity contribution in [3.8, 4) is 23.0 Å². The molecule has 2 saturated heterocycles. The molecule has 4 aromatic carbocycles. The lowest BCUT2D eigenvalue weighted by atomic mass is 10.1. The maximum Gasteiger partial charge on any atom is 0.132 e. The molecule has 8 rings (SSSR count). The fourth-order valence-electron chi connectivity index (χ4n) is 7.39. The van der Waals surface area contributed by atoms with Crippen LogP contribution in [-0.2, 0) is 13.1 Å². The number of nitrogens with zero attached hydrogens (tertiary/aromatic N) is 4. The first-order valence-corrected chi connectivity index (χ1v) is 21.4. The van der Waals surface area contributed by atoms with Gasteiger partial charge in [-0.2, -0.15) is 0 Å². The van der Waals surface area contributed by atoms with Crippen LogP contribution < -0.4 is 29.9 Å². The fraction of sp³-hybridized carbons (Fsp3) is 0.442. The van der Waals surface area contributed by atoms with E-state index in [0.29, 0.717) is 15.8 Å². The molecular weight excluding hydrogens is 735 g/mol. The van der Waals surface area contributed by atoms with Gasteiger partial charge < -0.3 is 29.9 Å². The van der Waals surface area contributed by atoms with Crippen LogP contribution >= 0.6 is 35.0 Å². The number of hydrogen-bond donors (Lipinski definition) is 2. The van der Waals surface area contributed by atoms with Crippen LogP contribution in [0.15, 0.2) is 83.8 Å². The number of piperazine rings is 2. The quantitative estimate of drug-likeness (QED) is 0.129. The molecule has 2 heterocycles. The smallest absolute Gasteiger partial charge is 0.132 e. The molecule has 0 unspecified atom stereocenters. The highest BCUT2D eigenvalue weighted by Gasteiger charge is 2.32. The Morgan fingerprint density at radius 1 is 0.574 bits per heavy atom. The van der Waals surface area contributed by atoms with Gasteiger partial charge in [-0.15, -0.1) is 11.8 Å². The Morgan fingerprint density at radius 2 is 1.04 bits per heavy atom. The number of halogens is 2. The number of ether oxygens (including phenoxy) is 2. The minimum Gasteiger partial charge on any atom is -0.457 e. The lowest BCUT2D eigenvalue weighted by Gasteiger charge is -2.36. The molecule has 2 saturated carbocycles. The monoisotopic (exact) mass is 788 g/mol. The Kier molecular flexibility index (Phi) is 13.5. The predicted octanol–water partition coefficient (Wildman–Crippen LogP) is 8.99. The molecule has 0 amide bonds. The average molecular weight is 790 g/mol. The molecule has 2 N–H and O–H groups in total. The largest absolute Gasteiger partial charge is 0.457 e. The summed E-state index contributed by atoms with van der Waals surface area (Å²) >= 11 is 13.9. The second kappa shape index (κ2) is 18.7. The molecular formula is C43H54Cl2N6O2S. The summed E-state index contributed by atoms with van der Waals surface area (Å²) in [6.45, 7) is 10.6. The SMILES string of the molecule is CNCc1cc(N2CCN(C3CC3)CC2)ccc1Oc1ccc(Cl)c(Cl)c1.CNCc1cc(N2CCN(C3CC3)CC2)ccc1Oc1ccc(SC)cc1. The zero-order valence-corrected chi connectivity index (χ0v) is 34.2. The van der Waals surface area contributed by atoms with Crippen LogP contribution in [0.3, 0.4) is 0 Å². The van der Waals surface area contributed by atoms with Crippen LogP contribution in [0.2, 0.25) is 10.0 Å². The standard InChI is InChI=1S/C22H29N3OS.C21H25Cl2N3O/c1-23-16-17-15-19(25-13-11-24(12-14-25)18-3-4-18)5-10-22(17)26-20-6-8-21(27-2)9-7-20;1-24-14-15-12-17(26-10-8-25(9-11-26)16-2-3-16)4-7-21(15)27-18-5-6-19(22)20(23)13-18/h5-10,15,18,23H,3-4,11-14,16H2,1-2H3;4-7,12-13,16,24H,2-3,8-11,14H2,1H3. The van der Waals surface area contributed by atoms with Crippen molar-refractivity contribution in [2.24, 2.45) is 0 Å². The van der Waals surface area contributed by atoms with Crippen molar-refractivity contribution in [3.63, 3.8) is 0 Å². The Balaban J connectivity index is 0.000000167. The van der Waals surface area contributed by atoms with E-state index >= 15 is 0 Å². The van der Waals surface area contributed by atoms with Crippen LogP contribution in [0.5, 0.6) is 23.0 Å². The zero-order valence-electron chi connectivity index (χ0n) is 31.8. The van der Waals surface area contributed by atoms with E-state index in [1.807, 2.05) is 32.3 Å². The van der Waals surface area contributed by atoms with Crippen molar-refractivity contribution in [2.75, 3.05) is 82.5 Å². The number of hydrogen-bond acceptors (Lipinski definition) is 9. The first-order chi connectivity index (χ1) is 26.4. The van der Waals surface area contributed by atoms with Crippen molar-refractivity contribution in [3.05, 3.63) is 100 Å². The Hall–Kier alpha value is -3.15. The van der Waals surface area contributed by atoms with E-state index in [-0.39, 0.29) is 0 Å². The fourth-order valence-corrected chi connectivity index (χ4v) is 8.09. The summed E-state index contributed by atoms with van der Waals surface area (Å²) in [5.74, 6) is 3.34. The maximum atomic E-state index is 6.18. The Bertz CT molecular complexity index is 1820. The lowest BCUT2D eigenvalue weighted by Crippen LogP contribution is -2.47. The van der Waals surface area contributed by atoms with Gasteiger partial charge in [0, 0.05) is 111 Å². The Labute approximate surface area is 336 Å². The zero-order chi connectivity index (χ0) is 37.4. The van der Waals surface area contributed by atoms with Crippen LogP contribution in [0.4, 0.5) is 11.4 Å². The normalized spacial score (nSPS) is 17.9. The van der Waals surface area contributed by atoms with Crippen molar-refractivity contribution < 1.29 is 9.47 Å². The van der Waals surface area contributed by atoms with Crippen molar-refractivity contribution >= 4 is 46.3 Å². The molecule has 0 aromatic heterocycles. The second-order valence-electron chi connectivity index (χ2n) is 14.6. The van der Waals surface area contributed by atoms with Crippen LogP contribution in [0.25, 0.3) is 0 Å². The summed E-state index contributed by atoms with van der Waals surface area (Å²) in [6.07, 6.45) is 7.65. The molecule has 0 atom stereocenters. The minimum absolute atomic E-state index is 0.495. The summed E-state index contributed by atoms with van der Waals surface area (Å²) in [7, 11) is 3.93. The number of anilines is 2. The molecule has 4 aromatic rings. The van der Waals surface area contributed by atoms with Gasteiger partial charge in [0.1, 0.15) is 23.0 Å². The Morgan fingerprint density at radius 3 is 1.46 bits per heavy atom. The first kappa shape index (κ1) is 39.1. The molecule has 2 aliphatic heterocycles. The highest BCUT2D eigenvalue weighted by molar-refractivity contribution is 7.98. The minimum atomic E-state index is 0.495. The topological polar surface area (TPSA) is 55.5 Å². The molecule has 0 spiro atoms. The molecule has 54 heavy (non-hydrogen) atoms. The number of thioether (sulfide) groups is 1. The van der Waals surface area contributed by atoms with Gasteiger partial charge in [-0.05, 0) is 119 Å². The van der Waals surface area contributed by atoms with E-state index in [0.717, 1.165) is 87.3 Å². The third-order valence-electron chi connectivity index (χ3n) is 10.7. The summed E-state index contributed by atoms with van der Waals surface area (Å²) in [5, 5.41) is 7.54. The van der Waals surface area contributed by atoms with Gasteiger partial charge in [-0.3, -0.25) is 9.80 Å². The molecule has 11 heteroatoms. The van der Waals surface area contributed by atoms with Gasteiger partial charge in [-0.25, -0.2) is 0 Å². The van der Waals surface area contributed by atoms with E-state index < -0.39 is 0 Å². The second-order valence-corrected chi connectivity index (χ2v) is 16.3. The van der Waals surface area contributed by atoms with Gasteiger partial charge in [0.25, 0.3) is 0 Å². The van der Waals surface area contributed by atoms with Gasteiger partial charge in [0.05, 0.1) is 10.0 Å². The molecule has 0 radical (unpaired) electrons. The predicted molar refractivity (Wildman–Crippen MR) is 227 cm³/mol. The van der Waals surface area contributed by atoms with Crippen molar-refractivity contribution in [1.82, 2.24) is 20.4 Å². The third-order valence-corrected chi connectivity index (χ3v) is 12.2. The molecule has 4 fully saturated rings. The molecule has 8 nitrogen and oxygen atoms in total. The van der Waals surface area contributed by atoms with E-state index in [9.17, 15) is 0 Å². The van der Waals surface area contributed by atoms with Gasteiger partial charge in [0.2, 0.25) is 0 Å². The summed E-state index contributed by atoms with van der Waals surface area (Å²) in [6, 6.07) is 28.4. The van der Waals surface area contributed by atoms with E-state index in [1.54, 1.807) is 23.9 Å². The molecule has 0 bridgehead atoms. The number of benzene rings is 4. The van der Waals surface area contributed by atoms with E-state index in [4.69, 9.17) is 32.7 Å². The van der Waals surface area contributed by atoms with Crippen molar-refractivity contribution in [2.45, 2.75) is 55.8 Å². The van der Waals surface area contributed by atoms with Gasteiger partial charge in [0.15, 0.2) is 0 Å². The third kappa shape index (κ3) is 10.4. The molecule has 2 aliphatic carbocycles. The average Bonchev–Trinajstić information content (AvgIpc) is 4.14. The summed E-state index contributed by atoms with van der Waals surface area (Å²) < 4.78 is 12.3. The van der Waals surface area contributed by atoms with Crippen LogP contribution in [-0.4, -0.2) is 94.6 Å². The van der Waals surface area contributed by atoms with Crippen LogP contribution in [0, 0.1) is 0 Å². The van der Waals surface area contributed by atoms with E-state index in [1.165, 1.54) is 60.6 Å². The lowest BCUT2D eigenvalue weighted by molar-refractivity contribution is 0.248.